The van der Waals surface area contributed by atoms with Crippen molar-refractivity contribution in [2.75, 3.05) is 37.4 Å². The number of anilines is 2. The van der Waals surface area contributed by atoms with Gasteiger partial charge in [0.05, 0.1) is 5.60 Å². The smallest absolute Gasteiger partial charge is 0.152 e. The van der Waals surface area contributed by atoms with E-state index in [1.807, 2.05) is 7.05 Å². The van der Waals surface area contributed by atoms with Gasteiger partial charge in [0, 0.05) is 39.6 Å². The Labute approximate surface area is 111 Å². The Morgan fingerprint density at radius 1 is 1.50 bits per heavy atom. The topological polar surface area (TPSA) is 84.5 Å². The Hall–Kier alpha value is -1.11. The highest BCUT2D eigenvalue weighted by Crippen LogP contribution is 2.29. The number of rotatable bonds is 3. The minimum absolute atomic E-state index is 0.243. The highest BCUT2D eigenvalue weighted by Gasteiger charge is 2.32. The number of likely N-dealkylation sites (N-methyl/N-ethyl adjacent to an activating group) is 1. The van der Waals surface area contributed by atoms with Crippen LogP contribution in [0, 0.1) is 0 Å². The molecule has 1 aliphatic rings. The molecule has 18 heavy (non-hydrogen) atoms. The molecule has 0 amide bonds. The molecule has 1 aliphatic heterocycles. The van der Waals surface area contributed by atoms with Gasteiger partial charge in [0.1, 0.15) is 17.2 Å². The van der Waals surface area contributed by atoms with Crippen LogP contribution in [0.25, 0.3) is 0 Å². The van der Waals surface area contributed by atoms with E-state index in [4.69, 9.17) is 22.1 Å². The summed E-state index contributed by atoms with van der Waals surface area (Å²) in [5, 5.41) is 10.7. The summed E-state index contributed by atoms with van der Waals surface area (Å²) >= 11 is 6.05. The van der Waals surface area contributed by atoms with Crippen LogP contribution in [0.3, 0.4) is 0 Å². The van der Waals surface area contributed by atoms with E-state index in [9.17, 15) is 5.11 Å². The molecular formula is C11H17ClN4O2. The van der Waals surface area contributed by atoms with Crippen molar-refractivity contribution >= 4 is 23.2 Å². The number of hydrogen-bond acceptors (Lipinski definition) is 6. The standard InChI is InChI=1S/C11H17ClN4O2/c1-16(6-11(17)2-4-18-5-3-11)10-8(12)9(13)14-7-15-10/h7,17H,2-6H2,1H3,(H2,13,14,15). The summed E-state index contributed by atoms with van der Waals surface area (Å²) < 4.78 is 5.24. The first-order chi connectivity index (χ1) is 8.52. The molecule has 0 radical (unpaired) electrons. The Balaban J connectivity index is 2.11. The molecule has 0 aliphatic carbocycles. The number of nitrogens with two attached hydrogens (primary N) is 1. The molecule has 100 valence electrons. The number of aromatic nitrogens is 2. The van der Waals surface area contributed by atoms with Crippen molar-refractivity contribution in [3.8, 4) is 0 Å². The van der Waals surface area contributed by atoms with Crippen LogP contribution >= 0.6 is 11.6 Å². The fraction of sp³-hybridized carbons (Fsp3) is 0.636. The fourth-order valence-corrected chi connectivity index (χ4v) is 2.31. The Morgan fingerprint density at radius 2 is 2.17 bits per heavy atom. The number of aliphatic hydroxyl groups is 1. The van der Waals surface area contributed by atoms with Crippen LogP contribution in [0.5, 0.6) is 0 Å². The van der Waals surface area contributed by atoms with E-state index in [1.54, 1.807) is 4.90 Å². The first-order valence-corrected chi connectivity index (χ1v) is 6.17. The lowest BCUT2D eigenvalue weighted by Gasteiger charge is -2.36. The SMILES string of the molecule is CN(CC1(O)CCOCC1)c1ncnc(N)c1Cl. The van der Waals surface area contributed by atoms with Gasteiger partial charge in [0.25, 0.3) is 0 Å². The van der Waals surface area contributed by atoms with Gasteiger partial charge in [-0.2, -0.15) is 0 Å². The molecule has 0 saturated carbocycles. The minimum Gasteiger partial charge on any atom is -0.388 e. The predicted molar refractivity (Wildman–Crippen MR) is 69.7 cm³/mol. The van der Waals surface area contributed by atoms with Crippen molar-refractivity contribution in [1.82, 2.24) is 9.97 Å². The summed E-state index contributed by atoms with van der Waals surface area (Å²) in [4.78, 5) is 9.70. The predicted octanol–water partition coefficient (Wildman–Crippen LogP) is 0.690. The summed E-state index contributed by atoms with van der Waals surface area (Å²) in [6, 6.07) is 0. The summed E-state index contributed by atoms with van der Waals surface area (Å²) in [6.45, 7) is 1.58. The highest BCUT2D eigenvalue weighted by molar-refractivity contribution is 6.35. The van der Waals surface area contributed by atoms with Gasteiger partial charge in [0.15, 0.2) is 5.82 Å². The first kappa shape index (κ1) is 13.3. The zero-order valence-corrected chi connectivity index (χ0v) is 11.0. The van der Waals surface area contributed by atoms with E-state index < -0.39 is 5.60 Å². The molecule has 3 N–H and O–H groups in total. The first-order valence-electron chi connectivity index (χ1n) is 5.79. The Morgan fingerprint density at radius 3 is 2.83 bits per heavy atom. The monoisotopic (exact) mass is 272 g/mol. The van der Waals surface area contributed by atoms with Crippen molar-refractivity contribution < 1.29 is 9.84 Å². The van der Waals surface area contributed by atoms with Gasteiger partial charge >= 0.3 is 0 Å². The third-order valence-electron chi connectivity index (χ3n) is 3.11. The van der Waals surface area contributed by atoms with Gasteiger partial charge in [-0.05, 0) is 0 Å². The van der Waals surface area contributed by atoms with Crippen molar-refractivity contribution in [2.45, 2.75) is 18.4 Å². The van der Waals surface area contributed by atoms with Gasteiger partial charge < -0.3 is 20.5 Å². The average molecular weight is 273 g/mol. The summed E-state index contributed by atoms with van der Waals surface area (Å²) in [5.74, 6) is 0.775. The van der Waals surface area contributed by atoms with Gasteiger partial charge in [-0.3, -0.25) is 0 Å². The van der Waals surface area contributed by atoms with E-state index in [2.05, 4.69) is 9.97 Å². The molecule has 0 unspecified atom stereocenters. The molecule has 6 nitrogen and oxygen atoms in total. The van der Waals surface area contributed by atoms with E-state index >= 15 is 0 Å². The maximum absolute atomic E-state index is 10.4. The van der Waals surface area contributed by atoms with Crippen molar-refractivity contribution in [3.63, 3.8) is 0 Å². The zero-order valence-electron chi connectivity index (χ0n) is 10.3. The molecule has 2 heterocycles. The number of ether oxygens (including phenoxy) is 1. The molecule has 0 atom stereocenters. The van der Waals surface area contributed by atoms with Gasteiger partial charge in [0.2, 0.25) is 0 Å². The third kappa shape index (κ3) is 2.82. The van der Waals surface area contributed by atoms with E-state index in [-0.39, 0.29) is 5.82 Å². The summed E-state index contributed by atoms with van der Waals surface area (Å²) in [6.07, 6.45) is 2.58. The molecule has 2 rings (SSSR count). The van der Waals surface area contributed by atoms with Crippen LogP contribution in [0.1, 0.15) is 12.8 Å². The van der Waals surface area contributed by atoms with Crippen LogP contribution in [-0.4, -0.2) is 47.5 Å². The lowest BCUT2D eigenvalue weighted by Crippen LogP contribution is -2.46. The van der Waals surface area contributed by atoms with Crippen molar-refractivity contribution in [2.24, 2.45) is 0 Å². The third-order valence-corrected chi connectivity index (χ3v) is 3.48. The van der Waals surface area contributed by atoms with Gasteiger partial charge in [-0.25, -0.2) is 9.97 Å². The molecule has 7 heteroatoms. The second kappa shape index (κ2) is 5.26. The number of nitrogens with zero attached hydrogens (tertiary/aromatic N) is 3. The normalized spacial score (nSPS) is 18.6. The summed E-state index contributed by atoms with van der Waals surface area (Å²) in [5.41, 5.74) is 4.86. The summed E-state index contributed by atoms with van der Waals surface area (Å²) in [7, 11) is 1.82. The van der Waals surface area contributed by atoms with Crippen LogP contribution in [0.2, 0.25) is 5.02 Å². The van der Waals surface area contributed by atoms with E-state index in [1.165, 1.54) is 6.33 Å². The Kier molecular flexibility index (Phi) is 3.89. The maximum atomic E-state index is 10.4. The Bertz CT molecular complexity index is 424. The molecule has 1 aromatic heterocycles. The molecular weight excluding hydrogens is 256 g/mol. The second-order valence-corrected chi connectivity index (χ2v) is 4.97. The molecule has 0 spiro atoms. The van der Waals surface area contributed by atoms with E-state index in [0.717, 1.165) is 0 Å². The molecule has 0 bridgehead atoms. The number of halogens is 1. The van der Waals surface area contributed by atoms with Crippen LogP contribution in [0.15, 0.2) is 6.33 Å². The molecule has 1 fully saturated rings. The average Bonchev–Trinajstić information content (AvgIpc) is 2.33. The lowest BCUT2D eigenvalue weighted by molar-refractivity contribution is -0.0573. The maximum Gasteiger partial charge on any atom is 0.152 e. The zero-order chi connectivity index (χ0) is 13.2. The highest BCUT2D eigenvalue weighted by atomic mass is 35.5. The quantitative estimate of drug-likeness (QED) is 0.842. The van der Waals surface area contributed by atoms with E-state index in [0.29, 0.717) is 43.4 Å². The fourth-order valence-electron chi connectivity index (χ4n) is 2.07. The van der Waals surface area contributed by atoms with Crippen LogP contribution in [-0.2, 0) is 4.74 Å². The van der Waals surface area contributed by atoms with Crippen molar-refractivity contribution in [1.29, 1.82) is 0 Å². The minimum atomic E-state index is -0.768. The number of nitrogen functional groups attached to an aromatic ring is 1. The molecule has 0 aromatic carbocycles. The molecule has 1 aromatic rings. The lowest BCUT2D eigenvalue weighted by atomic mass is 9.94. The second-order valence-electron chi connectivity index (χ2n) is 4.59. The molecule has 1 saturated heterocycles. The van der Waals surface area contributed by atoms with Gasteiger partial charge in [-0.15, -0.1) is 0 Å². The number of hydrogen-bond donors (Lipinski definition) is 2. The van der Waals surface area contributed by atoms with Crippen LogP contribution in [0.4, 0.5) is 11.6 Å². The van der Waals surface area contributed by atoms with Crippen molar-refractivity contribution in [3.05, 3.63) is 11.3 Å². The largest absolute Gasteiger partial charge is 0.388 e. The van der Waals surface area contributed by atoms with Gasteiger partial charge in [-0.1, -0.05) is 11.6 Å². The van der Waals surface area contributed by atoms with Crippen LogP contribution < -0.4 is 10.6 Å².